The average molecular weight is 231 g/mol. The van der Waals surface area contributed by atoms with Gasteiger partial charge in [-0.15, -0.1) is 0 Å². The number of fused-ring (bicyclic) bond motifs is 1. The summed E-state index contributed by atoms with van der Waals surface area (Å²) in [7, 11) is 0. The summed E-state index contributed by atoms with van der Waals surface area (Å²) in [4.78, 5) is 4.34. The minimum absolute atomic E-state index is 0.522. The van der Waals surface area contributed by atoms with E-state index in [2.05, 4.69) is 27.8 Å². The molecule has 1 aromatic heterocycles. The highest BCUT2D eigenvalue weighted by molar-refractivity contribution is 5.77. The molecule has 0 aliphatic carbocycles. The summed E-state index contributed by atoms with van der Waals surface area (Å²) in [6.07, 6.45) is 2.46. The van der Waals surface area contributed by atoms with E-state index in [1.165, 1.54) is 12.8 Å². The van der Waals surface area contributed by atoms with E-state index in [4.69, 9.17) is 4.42 Å². The van der Waals surface area contributed by atoms with Crippen molar-refractivity contribution in [2.75, 3.05) is 18.4 Å². The quantitative estimate of drug-likeness (QED) is 0.832. The van der Waals surface area contributed by atoms with E-state index in [1.54, 1.807) is 0 Å². The van der Waals surface area contributed by atoms with Gasteiger partial charge in [0, 0.05) is 25.2 Å². The number of aryl methyl sites for hydroxylation is 1. The zero-order valence-corrected chi connectivity index (χ0v) is 9.99. The first-order valence-electron chi connectivity index (χ1n) is 6.16. The number of anilines is 1. The smallest absolute Gasteiger partial charge is 0.192 e. The summed E-state index contributed by atoms with van der Waals surface area (Å²) in [5.41, 5.74) is 2.91. The van der Waals surface area contributed by atoms with E-state index in [0.717, 1.165) is 35.8 Å². The van der Waals surface area contributed by atoms with Crippen LogP contribution in [0.4, 0.5) is 5.69 Å². The summed E-state index contributed by atoms with van der Waals surface area (Å²) in [5, 5.41) is 6.94. The molecule has 3 rings (SSSR count). The first-order valence-corrected chi connectivity index (χ1v) is 6.16. The third kappa shape index (κ3) is 2.26. The highest BCUT2D eigenvalue weighted by Crippen LogP contribution is 2.21. The molecule has 2 N–H and O–H groups in total. The van der Waals surface area contributed by atoms with E-state index in [0.29, 0.717) is 6.04 Å². The lowest BCUT2D eigenvalue weighted by Gasteiger charge is -2.24. The number of hydrogen-bond acceptors (Lipinski definition) is 4. The standard InChI is InChI=1S/C13H17N3O/c1-9-15-12-7-10(4-5-13(12)17-9)16-11-3-2-6-14-8-11/h4-5,7,11,14,16H,2-3,6,8H2,1H3. The minimum atomic E-state index is 0.522. The van der Waals surface area contributed by atoms with Crippen LogP contribution >= 0.6 is 0 Å². The average Bonchev–Trinajstić information content (AvgIpc) is 2.70. The molecule has 4 nitrogen and oxygen atoms in total. The van der Waals surface area contributed by atoms with Gasteiger partial charge in [-0.25, -0.2) is 4.98 Å². The van der Waals surface area contributed by atoms with Gasteiger partial charge in [0.15, 0.2) is 11.5 Å². The molecule has 1 aromatic carbocycles. The zero-order valence-electron chi connectivity index (χ0n) is 9.99. The van der Waals surface area contributed by atoms with Crippen molar-refractivity contribution in [3.05, 3.63) is 24.1 Å². The van der Waals surface area contributed by atoms with Gasteiger partial charge in [-0.05, 0) is 37.6 Å². The maximum atomic E-state index is 5.46. The molecule has 2 aromatic rings. The molecule has 0 amide bonds. The van der Waals surface area contributed by atoms with Crippen LogP contribution in [-0.2, 0) is 0 Å². The first-order chi connectivity index (χ1) is 8.31. The van der Waals surface area contributed by atoms with Crippen LogP contribution in [0, 0.1) is 6.92 Å². The molecule has 0 radical (unpaired) electrons. The fraction of sp³-hybridized carbons (Fsp3) is 0.462. The van der Waals surface area contributed by atoms with E-state index >= 15 is 0 Å². The van der Waals surface area contributed by atoms with Crippen molar-refractivity contribution in [1.29, 1.82) is 0 Å². The van der Waals surface area contributed by atoms with Crippen molar-refractivity contribution in [2.24, 2.45) is 0 Å². The van der Waals surface area contributed by atoms with Gasteiger partial charge in [0.1, 0.15) is 5.52 Å². The molecular weight excluding hydrogens is 214 g/mol. The predicted octanol–water partition coefficient (Wildman–Crippen LogP) is 2.30. The Balaban J connectivity index is 1.79. The molecule has 1 unspecified atom stereocenters. The highest BCUT2D eigenvalue weighted by atomic mass is 16.3. The molecule has 1 aliphatic rings. The van der Waals surface area contributed by atoms with E-state index < -0.39 is 0 Å². The van der Waals surface area contributed by atoms with Gasteiger partial charge >= 0.3 is 0 Å². The lowest BCUT2D eigenvalue weighted by Crippen LogP contribution is -2.38. The molecule has 0 saturated carbocycles. The normalized spacial score (nSPS) is 20.6. The summed E-state index contributed by atoms with van der Waals surface area (Å²) in [6.45, 7) is 4.05. The topological polar surface area (TPSA) is 50.1 Å². The largest absolute Gasteiger partial charge is 0.441 e. The van der Waals surface area contributed by atoms with Crippen LogP contribution in [0.3, 0.4) is 0 Å². The third-order valence-electron chi connectivity index (χ3n) is 3.16. The molecule has 1 saturated heterocycles. The molecule has 0 bridgehead atoms. The van der Waals surface area contributed by atoms with Gasteiger partial charge in [-0.3, -0.25) is 0 Å². The summed E-state index contributed by atoms with van der Waals surface area (Å²) >= 11 is 0. The number of oxazole rings is 1. The van der Waals surface area contributed by atoms with Gasteiger partial charge in [0.25, 0.3) is 0 Å². The maximum absolute atomic E-state index is 5.46. The summed E-state index contributed by atoms with van der Waals surface area (Å²) in [6, 6.07) is 6.62. The number of piperidine rings is 1. The number of nitrogens with one attached hydrogen (secondary N) is 2. The van der Waals surface area contributed by atoms with Gasteiger partial charge in [0.05, 0.1) is 0 Å². The number of hydrogen-bond donors (Lipinski definition) is 2. The van der Waals surface area contributed by atoms with Crippen LogP contribution in [0.5, 0.6) is 0 Å². The second-order valence-electron chi connectivity index (χ2n) is 4.60. The van der Waals surface area contributed by atoms with Gasteiger partial charge in [-0.2, -0.15) is 0 Å². The van der Waals surface area contributed by atoms with Crippen LogP contribution < -0.4 is 10.6 Å². The minimum Gasteiger partial charge on any atom is -0.441 e. The lowest BCUT2D eigenvalue weighted by atomic mass is 10.1. The molecule has 4 heteroatoms. The van der Waals surface area contributed by atoms with Crippen molar-refractivity contribution in [3.8, 4) is 0 Å². The monoisotopic (exact) mass is 231 g/mol. The second kappa shape index (κ2) is 4.37. The fourth-order valence-corrected chi connectivity index (χ4v) is 2.34. The Kier molecular flexibility index (Phi) is 2.73. The Morgan fingerprint density at radius 2 is 2.41 bits per heavy atom. The number of nitrogens with zero attached hydrogens (tertiary/aromatic N) is 1. The molecule has 0 spiro atoms. The Morgan fingerprint density at radius 1 is 1.47 bits per heavy atom. The van der Waals surface area contributed by atoms with Gasteiger partial charge in [0.2, 0.25) is 0 Å². The number of aromatic nitrogens is 1. The van der Waals surface area contributed by atoms with Crippen molar-refractivity contribution in [2.45, 2.75) is 25.8 Å². The maximum Gasteiger partial charge on any atom is 0.192 e. The van der Waals surface area contributed by atoms with Gasteiger partial charge < -0.3 is 15.1 Å². The number of benzene rings is 1. The Labute approximate surface area is 100 Å². The van der Waals surface area contributed by atoms with Gasteiger partial charge in [-0.1, -0.05) is 0 Å². The molecular formula is C13H17N3O. The van der Waals surface area contributed by atoms with E-state index in [-0.39, 0.29) is 0 Å². The first kappa shape index (κ1) is 10.6. The van der Waals surface area contributed by atoms with Crippen molar-refractivity contribution in [1.82, 2.24) is 10.3 Å². The molecule has 1 aliphatic heterocycles. The zero-order chi connectivity index (χ0) is 11.7. The summed E-state index contributed by atoms with van der Waals surface area (Å²) in [5.74, 6) is 0.719. The van der Waals surface area contributed by atoms with Crippen LogP contribution in [-0.4, -0.2) is 24.1 Å². The number of rotatable bonds is 2. The van der Waals surface area contributed by atoms with Crippen LogP contribution in [0.15, 0.2) is 22.6 Å². The van der Waals surface area contributed by atoms with E-state index in [9.17, 15) is 0 Å². The Hall–Kier alpha value is -1.55. The lowest BCUT2D eigenvalue weighted by molar-refractivity contribution is 0.480. The molecule has 17 heavy (non-hydrogen) atoms. The predicted molar refractivity (Wildman–Crippen MR) is 68.3 cm³/mol. The van der Waals surface area contributed by atoms with Crippen LogP contribution in [0.1, 0.15) is 18.7 Å². The molecule has 1 fully saturated rings. The highest BCUT2D eigenvalue weighted by Gasteiger charge is 2.12. The van der Waals surface area contributed by atoms with Crippen molar-refractivity contribution >= 4 is 16.8 Å². The Morgan fingerprint density at radius 3 is 3.24 bits per heavy atom. The molecule has 90 valence electrons. The van der Waals surface area contributed by atoms with Crippen LogP contribution in [0.25, 0.3) is 11.1 Å². The Bertz CT molecular complexity index is 514. The van der Waals surface area contributed by atoms with Crippen LogP contribution in [0.2, 0.25) is 0 Å². The second-order valence-corrected chi connectivity index (χ2v) is 4.60. The molecule has 2 heterocycles. The van der Waals surface area contributed by atoms with E-state index in [1.807, 2.05) is 13.0 Å². The van der Waals surface area contributed by atoms with Crippen molar-refractivity contribution in [3.63, 3.8) is 0 Å². The fourth-order valence-electron chi connectivity index (χ4n) is 2.34. The third-order valence-corrected chi connectivity index (χ3v) is 3.16. The van der Waals surface area contributed by atoms with Crippen molar-refractivity contribution < 1.29 is 4.42 Å². The molecule has 1 atom stereocenters. The summed E-state index contributed by atoms with van der Waals surface area (Å²) < 4.78 is 5.46. The SMILES string of the molecule is Cc1nc2cc(NC3CCCNC3)ccc2o1.